The molecule has 0 fully saturated rings. The van der Waals surface area contributed by atoms with Crippen LogP contribution in [-0.2, 0) is 20.1 Å². The molecule has 0 saturated heterocycles. The van der Waals surface area contributed by atoms with Gasteiger partial charge in [0.2, 0.25) is 0 Å². The Morgan fingerprint density at radius 2 is 1.86 bits per heavy atom. The molecule has 0 bridgehead atoms. The summed E-state index contributed by atoms with van der Waals surface area (Å²) in [5, 5.41) is 0. The number of nitrogens with zero attached hydrogens (tertiary/aromatic N) is 2. The second kappa shape index (κ2) is 4.99. The molecule has 2 nitrogen and oxygen atoms in total. The fourth-order valence-corrected chi connectivity index (χ4v) is 1.06. The zero-order chi connectivity index (χ0) is 9.10. The standard InChI is InChI=1S/C11H9N2.Ir/c1-9-7-12-11(13-8-9)10-5-3-2-4-6-10;/h2-5,7-8H,1H3;/q-1;. The van der Waals surface area contributed by atoms with E-state index in [2.05, 4.69) is 16.0 Å². The van der Waals surface area contributed by atoms with Crippen molar-refractivity contribution in [3.8, 4) is 11.4 Å². The van der Waals surface area contributed by atoms with Gasteiger partial charge in [-0.25, -0.2) is 0 Å². The van der Waals surface area contributed by atoms with Crippen LogP contribution in [-0.4, -0.2) is 9.97 Å². The molecule has 2 rings (SSSR count). The van der Waals surface area contributed by atoms with Gasteiger partial charge in [-0.15, -0.1) is 35.9 Å². The average molecular weight is 361 g/mol. The van der Waals surface area contributed by atoms with Crippen molar-refractivity contribution in [3.05, 3.63) is 48.3 Å². The molecule has 14 heavy (non-hydrogen) atoms. The first-order valence-corrected chi connectivity index (χ1v) is 4.12. The Morgan fingerprint density at radius 3 is 2.43 bits per heavy atom. The van der Waals surface area contributed by atoms with Crippen molar-refractivity contribution in [2.24, 2.45) is 0 Å². The van der Waals surface area contributed by atoms with Crippen molar-refractivity contribution in [2.75, 3.05) is 0 Å². The molecule has 1 aromatic heterocycles. The van der Waals surface area contributed by atoms with E-state index in [4.69, 9.17) is 0 Å². The van der Waals surface area contributed by atoms with E-state index in [1.807, 2.05) is 43.6 Å². The minimum absolute atomic E-state index is 0. The molecule has 2 aromatic rings. The second-order valence-electron chi connectivity index (χ2n) is 2.86. The molecule has 73 valence electrons. The summed E-state index contributed by atoms with van der Waals surface area (Å²) in [5.74, 6) is 0.728. The van der Waals surface area contributed by atoms with Crippen molar-refractivity contribution >= 4 is 0 Å². The molecule has 0 saturated carbocycles. The van der Waals surface area contributed by atoms with Gasteiger partial charge in [-0.3, -0.25) is 9.97 Å². The Bertz CT molecular complexity index is 384. The number of aryl methyl sites for hydroxylation is 1. The van der Waals surface area contributed by atoms with E-state index < -0.39 is 0 Å². The summed E-state index contributed by atoms with van der Waals surface area (Å²) in [6.45, 7) is 1.97. The van der Waals surface area contributed by atoms with Gasteiger partial charge in [0, 0.05) is 32.5 Å². The first-order chi connectivity index (χ1) is 6.36. The minimum Gasteiger partial charge on any atom is -0.285 e. The van der Waals surface area contributed by atoms with Gasteiger partial charge in [-0.2, -0.15) is 0 Å². The summed E-state index contributed by atoms with van der Waals surface area (Å²) in [7, 11) is 0. The molecular formula is C11H9IrN2-. The van der Waals surface area contributed by atoms with E-state index in [1.54, 1.807) is 0 Å². The fraction of sp³-hybridized carbons (Fsp3) is 0.0909. The van der Waals surface area contributed by atoms with Crippen LogP contribution >= 0.6 is 0 Å². The van der Waals surface area contributed by atoms with Crippen molar-refractivity contribution in [2.45, 2.75) is 6.92 Å². The van der Waals surface area contributed by atoms with Crippen LogP contribution in [0.3, 0.4) is 0 Å². The third-order valence-corrected chi connectivity index (χ3v) is 1.73. The number of aromatic nitrogens is 2. The number of benzene rings is 1. The van der Waals surface area contributed by atoms with Gasteiger partial charge >= 0.3 is 0 Å². The quantitative estimate of drug-likeness (QED) is 0.728. The van der Waals surface area contributed by atoms with Crippen molar-refractivity contribution < 1.29 is 20.1 Å². The van der Waals surface area contributed by atoms with E-state index in [-0.39, 0.29) is 20.1 Å². The van der Waals surface area contributed by atoms with Gasteiger partial charge in [0.1, 0.15) is 0 Å². The predicted molar refractivity (Wildman–Crippen MR) is 51.0 cm³/mol. The molecule has 0 unspecified atom stereocenters. The van der Waals surface area contributed by atoms with Gasteiger partial charge < -0.3 is 0 Å². The molecule has 1 aromatic carbocycles. The molecule has 0 amide bonds. The van der Waals surface area contributed by atoms with Gasteiger partial charge in [0.25, 0.3) is 0 Å². The van der Waals surface area contributed by atoms with Crippen LogP contribution in [0.15, 0.2) is 36.7 Å². The normalized spacial score (nSPS) is 9.21. The first kappa shape index (κ1) is 11.0. The molecule has 0 aliphatic rings. The summed E-state index contributed by atoms with van der Waals surface area (Å²) in [5.41, 5.74) is 2.00. The van der Waals surface area contributed by atoms with Crippen LogP contribution in [0.1, 0.15) is 5.56 Å². The monoisotopic (exact) mass is 362 g/mol. The average Bonchev–Trinajstić information content (AvgIpc) is 2.20. The molecule has 0 spiro atoms. The van der Waals surface area contributed by atoms with Crippen LogP contribution in [0.25, 0.3) is 11.4 Å². The maximum absolute atomic E-state index is 4.21. The Morgan fingerprint density at radius 1 is 1.14 bits per heavy atom. The van der Waals surface area contributed by atoms with Crippen LogP contribution < -0.4 is 0 Å². The molecule has 1 heterocycles. The van der Waals surface area contributed by atoms with Gasteiger partial charge in [-0.05, 0) is 12.5 Å². The first-order valence-electron chi connectivity index (χ1n) is 4.12. The molecule has 3 heteroatoms. The van der Waals surface area contributed by atoms with Crippen LogP contribution in [0.2, 0.25) is 0 Å². The summed E-state index contributed by atoms with van der Waals surface area (Å²) in [6, 6.07) is 10.8. The Labute approximate surface area is 96.8 Å². The molecule has 0 atom stereocenters. The number of hydrogen-bond donors (Lipinski definition) is 0. The number of rotatable bonds is 1. The molecule has 1 radical (unpaired) electrons. The zero-order valence-corrected chi connectivity index (χ0v) is 10.1. The summed E-state index contributed by atoms with van der Waals surface area (Å²) in [4.78, 5) is 8.41. The van der Waals surface area contributed by atoms with Gasteiger partial charge in [0.05, 0.1) is 5.82 Å². The second-order valence-corrected chi connectivity index (χ2v) is 2.86. The minimum atomic E-state index is 0. The third kappa shape index (κ3) is 2.47. The largest absolute Gasteiger partial charge is 0.285 e. The Kier molecular flexibility index (Phi) is 3.93. The third-order valence-electron chi connectivity index (χ3n) is 1.73. The van der Waals surface area contributed by atoms with Gasteiger partial charge in [-0.1, -0.05) is 0 Å². The Hall–Kier alpha value is -1.05. The molecular weight excluding hydrogens is 352 g/mol. The number of hydrogen-bond acceptors (Lipinski definition) is 2. The van der Waals surface area contributed by atoms with E-state index in [0.717, 1.165) is 17.0 Å². The van der Waals surface area contributed by atoms with Gasteiger partial charge in [0.15, 0.2) is 0 Å². The zero-order valence-electron chi connectivity index (χ0n) is 7.69. The summed E-state index contributed by atoms with van der Waals surface area (Å²) < 4.78 is 0. The summed E-state index contributed by atoms with van der Waals surface area (Å²) >= 11 is 0. The molecule has 0 N–H and O–H groups in total. The van der Waals surface area contributed by atoms with Crippen molar-refractivity contribution in [3.63, 3.8) is 0 Å². The van der Waals surface area contributed by atoms with Crippen molar-refractivity contribution in [1.82, 2.24) is 9.97 Å². The SMILES string of the molecule is Cc1cnc(-c2[c-]cccc2)nc1.[Ir]. The fourth-order valence-electron chi connectivity index (χ4n) is 1.06. The topological polar surface area (TPSA) is 25.8 Å². The van der Waals surface area contributed by atoms with E-state index in [9.17, 15) is 0 Å². The Balaban J connectivity index is 0.000000980. The van der Waals surface area contributed by atoms with Crippen molar-refractivity contribution in [1.29, 1.82) is 0 Å². The molecule has 0 aliphatic heterocycles. The van der Waals surface area contributed by atoms with E-state index in [1.165, 1.54) is 0 Å². The maximum Gasteiger partial charge on any atom is 0.0748 e. The van der Waals surface area contributed by atoms with Crippen LogP contribution in [0.4, 0.5) is 0 Å². The molecule has 0 aliphatic carbocycles. The van der Waals surface area contributed by atoms with E-state index >= 15 is 0 Å². The van der Waals surface area contributed by atoms with E-state index in [0.29, 0.717) is 0 Å². The smallest absolute Gasteiger partial charge is 0.0748 e. The maximum atomic E-state index is 4.21. The predicted octanol–water partition coefficient (Wildman–Crippen LogP) is 2.25. The summed E-state index contributed by atoms with van der Waals surface area (Å²) in [6.07, 6.45) is 3.62. The van der Waals surface area contributed by atoms with Crippen LogP contribution in [0, 0.1) is 13.0 Å². The van der Waals surface area contributed by atoms with Crippen LogP contribution in [0.5, 0.6) is 0 Å².